The quantitative estimate of drug-likeness (QED) is 0.299. The maximum Gasteiger partial charge on any atom is 0.251 e. The van der Waals surface area contributed by atoms with E-state index in [9.17, 15) is 22.8 Å². The Kier molecular flexibility index (Phi) is 10.3. The zero-order valence-electron chi connectivity index (χ0n) is 22.4. The SMILES string of the molecule is CC(C)C(=O)N=C(N)N1CCC(CNC(=O)[C@@H]2CCCN2C(=O)[C@@H](Cc2ccccc2)NS(C)(=O)=O)CC1. The monoisotopic (exact) mass is 548 g/mol. The number of hydrogen-bond donors (Lipinski definition) is 3. The minimum Gasteiger partial charge on any atom is -0.369 e. The number of nitrogens with one attached hydrogen (secondary N) is 2. The third-order valence-corrected chi connectivity index (χ3v) is 7.71. The van der Waals surface area contributed by atoms with Crippen LogP contribution in [0, 0.1) is 11.8 Å². The lowest BCUT2D eigenvalue weighted by molar-refractivity contribution is -0.139. The van der Waals surface area contributed by atoms with Crippen molar-refractivity contribution >= 4 is 33.7 Å². The largest absolute Gasteiger partial charge is 0.369 e. The van der Waals surface area contributed by atoms with Gasteiger partial charge in [0.15, 0.2) is 5.96 Å². The number of benzene rings is 1. The average Bonchev–Trinajstić information content (AvgIpc) is 3.36. The molecular formula is C26H40N6O5S. The first-order valence-electron chi connectivity index (χ1n) is 13.2. The fraction of sp³-hybridized carbons (Fsp3) is 0.615. The molecule has 0 saturated carbocycles. The molecule has 1 aromatic rings. The van der Waals surface area contributed by atoms with Crippen LogP contribution in [0.4, 0.5) is 0 Å². The summed E-state index contributed by atoms with van der Waals surface area (Å²) in [5.74, 6) is -0.591. The molecule has 12 heteroatoms. The summed E-state index contributed by atoms with van der Waals surface area (Å²) in [6.45, 7) is 5.72. The lowest BCUT2D eigenvalue weighted by atomic mass is 9.97. The van der Waals surface area contributed by atoms with Gasteiger partial charge in [-0.15, -0.1) is 0 Å². The maximum absolute atomic E-state index is 13.4. The summed E-state index contributed by atoms with van der Waals surface area (Å²) in [7, 11) is -3.64. The number of nitrogens with zero attached hydrogens (tertiary/aromatic N) is 3. The van der Waals surface area contributed by atoms with E-state index in [2.05, 4.69) is 15.0 Å². The fourth-order valence-corrected chi connectivity index (χ4v) is 5.53. The predicted molar refractivity (Wildman–Crippen MR) is 145 cm³/mol. The highest BCUT2D eigenvalue weighted by Crippen LogP contribution is 2.21. The smallest absolute Gasteiger partial charge is 0.251 e. The summed E-state index contributed by atoms with van der Waals surface area (Å²) in [5.41, 5.74) is 6.82. The van der Waals surface area contributed by atoms with Crippen LogP contribution in [-0.2, 0) is 30.8 Å². The molecule has 4 N–H and O–H groups in total. The van der Waals surface area contributed by atoms with Crippen LogP contribution in [0.3, 0.4) is 0 Å². The van der Waals surface area contributed by atoms with Crippen LogP contribution < -0.4 is 15.8 Å². The molecule has 0 unspecified atom stereocenters. The third kappa shape index (κ3) is 8.52. The van der Waals surface area contributed by atoms with Crippen LogP contribution >= 0.6 is 0 Å². The molecule has 2 fully saturated rings. The Morgan fingerprint density at radius 1 is 1.08 bits per heavy atom. The minimum atomic E-state index is -3.64. The van der Waals surface area contributed by atoms with Crippen molar-refractivity contribution in [1.29, 1.82) is 0 Å². The summed E-state index contributed by atoms with van der Waals surface area (Å²) < 4.78 is 26.4. The number of nitrogens with two attached hydrogens (primary N) is 1. The molecule has 3 amide bonds. The van der Waals surface area contributed by atoms with Crippen molar-refractivity contribution in [3.05, 3.63) is 35.9 Å². The van der Waals surface area contributed by atoms with Crippen LogP contribution in [0.2, 0.25) is 0 Å². The van der Waals surface area contributed by atoms with Gasteiger partial charge < -0.3 is 20.9 Å². The molecule has 3 rings (SSSR count). The zero-order chi connectivity index (χ0) is 27.9. The number of piperidine rings is 1. The van der Waals surface area contributed by atoms with Crippen LogP contribution in [0.5, 0.6) is 0 Å². The number of carbonyl (C=O) groups excluding carboxylic acids is 3. The van der Waals surface area contributed by atoms with Gasteiger partial charge in [-0.05, 0) is 43.6 Å². The van der Waals surface area contributed by atoms with E-state index in [1.54, 1.807) is 13.8 Å². The molecule has 0 aromatic heterocycles. The molecule has 2 atom stereocenters. The third-order valence-electron chi connectivity index (χ3n) is 7.00. The molecule has 2 saturated heterocycles. The Morgan fingerprint density at radius 2 is 1.74 bits per heavy atom. The van der Waals surface area contributed by atoms with Gasteiger partial charge in [0.05, 0.1) is 6.26 Å². The molecule has 2 aliphatic rings. The van der Waals surface area contributed by atoms with Crippen molar-refractivity contribution in [1.82, 2.24) is 19.8 Å². The summed E-state index contributed by atoms with van der Waals surface area (Å²) in [5, 5.41) is 3.00. The number of sulfonamides is 1. The van der Waals surface area contributed by atoms with Crippen molar-refractivity contribution in [2.24, 2.45) is 22.6 Å². The Bertz CT molecular complexity index is 1120. The predicted octanol–water partition coefficient (Wildman–Crippen LogP) is 0.463. The summed E-state index contributed by atoms with van der Waals surface area (Å²) in [4.78, 5) is 45.7. The fourth-order valence-electron chi connectivity index (χ4n) is 4.83. The van der Waals surface area contributed by atoms with Gasteiger partial charge in [-0.1, -0.05) is 44.2 Å². The topological polar surface area (TPSA) is 154 Å². The summed E-state index contributed by atoms with van der Waals surface area (Å²) in [6, 6.07) is 7.58. The Morgan fingerprint density at radius 3 is 2.34 bits per heavy atom. The molecule has 0 bridgehead atoms. The number of aliphatic imine (C=N–C) groups is 1. The number of rotatable bonds is 9. The molecule has 11 nitrogen and oxygen atoms in total. The normalized spacial score (nSPS) is 20.0. The van der Waals surface area contributed by atoms with E-state index in [4.69, 9.17) is 5.73 Å². The van der Waals surface area contributed by atoms with Crippen LogP contribution in [0.25, 0.3) is 0 Å². The second kappa shape index (κ2) is 13.2. The molecule has 1 aromatic carbocycles. The van der Waals surface area contributed by atoms with Crippen LogP contribution in [0.1, 0.15) is 45.1 Å². The van der Waals surface area contributed by atoms with Crippen LogP contribution in [0.15, 0.2) is 35.3 Å². The maximum atomic E-state index is 13.4. The highest BCUT2D eigenvalue weighted by molar-refractivity contribution is 7.88. The number of hydrogen-bond acceptors (Lipinski definition) is 5. The van der Waals surface area contributed by atoms with Crippen molar-refractivity contribution in [2.75, 3.05) is 32.4 Å². The van der Waals surface area contributed by atoms with Gasteiger partial charge >= 0.3 is 0 Å². The lowest BCUT2D eigenvalue weighted by Gasteiger charge is -2.33. The van der Waals surface area contributed by atoms with E-state index in [-0.39, 0.29) is 36.0 Å². The standard InChI is InChI=1S/C26H40N6O5S/c1-18(2)23(33)29-26(27)31-14-11-20(12-15-31)17-28-24(34)22-10-7-13-32(22)25(35)21(30-38(3,36)37)16-19-8-5-4-6-9-19/h4-6,8-9,18,20-22,30H,7,10-17H2,1-3H3,(H,28,34)(H2,27,29,33)/t21-,22+/m1/s1. The van der Waals surface area contributed by atoms with Gasteiger partial charge in [0.2, 0.25) is 21.8 Å². The highest BCUT2D eigenvalue weighted by atomic mass is 32.2. The van der Waals surface area contributed by atoms with Gasteiger partial charge in [-0.25, -0.2) is 13.1 Å². The van der Waals surface area contributed by atoms with E-state index < -0.39 is 28.0 Å². The van der Waals surface area contributed by atoms with Crippen molar-refractivity contribution < 1.29 is 22.8 Å². The highest BCUT2D eigenvalue weighted by Gasteiger charge is 2.38. The summed E-state index contributed by atoms with van der Waals surface area (Å²) in [6.07, 6.45) is 4.01. The first-order valence-corrected chi connectivity index (χ1v) is 15.1. The minimum absolute atomic E-state index is 0.200. The second-order valence-electron chi connectivity index (χ2n) is 10.5. The van der Waals surface area contributed by atoms with E-state index >= 15 is 0 Å². The van der Waals surface area contributed by atoms with E-state index in [0.717, 1.165) is 24.7 Å². The van der Waals surface area contributed by atoms with E-state index in [0.29, 0.717) is 39.0 Å². The second-order valence-corrected chi connectivity index (χ2v) is 12.2. The molecule has 210 valence electrons. The molecule has 0 radical (unpaired) electrons. The molecule has 2 heterocycles. The molecule has 38 heavy (non-hydrogen) atoms. The number of guanidine groups is 1. The number of carbonyl (C=O) groups is 3. The van der Waals surface area contributed by atoms with Gasteiger partial charge in [0.1, 0.15) is 12.1 Å². The van der Waals surface area contributed by atoms with Gasteiger partial charge in [0.25, 0.3) is 5.91 Å². The van der Waals surface area contributed by atoms with E-state index in [1.165, 1.54) is 4.90 Å². The van der Waals surface area contributed by atoms with Crippen LogP contribution in [-0.4, -0.2) is 86.4 Å². The molecule has 2 aliphatic heterocycles. The van der Waals surface area contributed by atoms with E-state index in [1.807, 2.05) is 35.2 Å². The number of likely N-dealkylation sites (tertiary alicyclic amines) is 2. The van der Waals surface area contributed by atoms with Gasteiger partial charge in [0, 0.05) is 32.1 Å². The van der Waals surface area contributed by atoms with Gasteiger partial charge in [-0.3, -0.25) is 14.4 Å². The molecule has 0 spiro atoms. The first kappa shape index (κ1) is 29.6. The Hall–Kier alpha value is -2.99. The molecular weight excluding hydrogens is 508 g/mol. The summed E-state index contributed by atoms with van der Waals surface area (Å²) >= 11 is 0. The van der Waals surface area contributed by atoms with Crippen molar-refractivity contribution in [2.45, 2.75) is 58.0 Å². The van der Waals surface area contributed by atoms with Crippen molar-refractivity contribution in [3.8, 4) is 0 Å². The number of amides is 3. The first-order chi connectivity index (χ1) is 17.9. The van der Waals surface area contributed by atoms with Gasteiger partial charge in [-0.2, -0.15) is 4.99 Å². The van der Waals surface area contributed by atoms with Crippen molar-refractivity contribution in [3.63, 3.8) is 0 Å². The Labute approximate surface area is 225 Å². The lowest BCUT2D eigenvalue weighted by Crippen LogP contribution is -2.54. The Balaban J connectivity index is 1.55. The molecule has 0 aliphatic carbocycles. The average molecular weight is 549 g/mol. The zero-order valence-corrected chi connectivity index (χ0v) is 23.2.